The van der Waals surface area contributed by atoms with Gasteiger partial charge in [0.1, 0.15) is 17.4 Å². The van der Waals surface area contributed by atoms with E-state index in [-0.39, 0.29) is 11.4 Å². The normalized spacial score (nSPS) is 12.4. The lowest BCUT2D eigenvalue weighted by atomic mass is 9.87. The fourth-order valence-corrected chi connectivity index (χ4v) is 4.44. The van der Waals surface area contributed by atoms with Crippen LogP contribution in [0.4, 0.5) is 0 Å². The Hall–Kier alpha value is -2.70. The second-order valence-corrected chi connectivity index (χ2v) is 10.1. The van der Waals surface area contributed by atoms with Gasteiger partial charge in [-0.2, -0.15) is 0 Å². The highest BCUT2D eigenvalue weighted by atomic mass is 32.1. The van der Waals surface area contributed by atoms with Gasteiger partial charge in [-0.25, -0.2) is 9.78 Å². The van der Waals surface area contributed by atoms with Crippen LogP contribution < -0.4 is 4.74 Å². The van der Waals surface area contributed by atoms with Crippen molar-refractivity contribution < 1.29 is 19.0 Å². The van der Waals surface area contributed by atoms with Gasteiger partial charge in [0.05, 0.1) is 12.3 Å². The average molecular weight is 482 g/mol. The van der Waals surface area contributed by atoms with Crippen molar-refractivity contribution in [2.45, 2.75) is 66.1 Å². The van der Waals surface area contributed by atoms with Crippen molar-refractivity contribution in [2.24, 2.45) is 0 Å². The molecule has 1 atom stereocenters. The number of aryl methyl sites for hydroxylation is 1. The Labute approximate surface area is 207 Å². The lowest BCUT2D eigenvalue weighted by Crippen LogP contribution is -2.29. The summed E-state index contributed by atoms with van der Waals surface area (Å²) in [7, 11) is 0. The molecule has 0 saturated carbocycles. The molecule has 1 heterocycles. The molecule has 5 nitrogen and oxygen atoms in total. The molecule has 0 aliphatic rings. The molecule has 0 N–H and O–H groups in total. The molecular formula is C28H35NO4S. The molecule has 0 saturated heterocycles. The van der Waals surface area contributed by atoms with Gasteiger partial charge in [-0.1, -0.05) is 57.2 Å². The molecule has 0 aliphatic heterocycles. The van der Waals surface area contributed by atoms with Gasteiger partial charge in [-0.15, -0.1) is 11.3 Å². The Balaban J connectivity index is 1.62. The lowest BCUT2D eigenvalue weighted by Gasteiger charge is -2.18. The Bertz CT molecular complexity index is 1080. The van der Waals surface area contributed by atoms with E-state index in [0.717, 1.165) is 33.1 Å². The highest BCUT2D eigenvalue weighted by Crippen LogP contribution is 2.29. The Morgan fingerprint density at radius 2 is 1.79 bits per heavy atom. The summed E-state index contributed by atoms with van der Waals surface area (Å²) in [5.41, 5.74) is 5.48. The van der Waals surface area contributed by atoms with E-state index in [9.17, 15) is 4.79 Å². The first-order valence-corrected chi connectivity index (χ1v) is 12.6. The van der Waals surface area contributed by atoms with Crippen LogP contribution in [0.5, 0.6) is 5.75 Å². The fourth-order valence-electron chi connectivity index (χ4n) is 3.63. The SMILES string of the molecule is CCOC(=O)C(Cc1ccc(OCc2csc(-c3ccc(C(C)(C)C)cc3)n2)c(C)c1)OCC. The Morgan fingerprint density at radius 1 is 1.06 bits per heavy atom. The van der Waals surface area contributed by atoms with Gasteiger partial charge in [0, 0.05) is 24.0 Å². The topological polar surface area (TPSA) is 57.7 Å². The number of thiazole rings is 1. The summed E-state index contributed by atoms with van der Waals surface area (Å²) in [6.07, 6.45) is -0.126. The van der Waals surface area contributed by atoms with Crippen molar-refractivity contribution in [3.63, 3.8) is 0 Å². The van der Waals surface area contributed by atoms with E-state index in [1.807, 2.05) is 37.4 Å². The number of ether oxygens (including phenoxy) is 3. The molecule has 6 heteroatoms. The summed E-state index contributed by atoms with van der Waals surface area (Å²) in [6.45, 7) is 13.5. The van der Waals surface area contributed by atoms with E-state index < -0.39 is 6.10 Å². The average Bonchev–Trinajstić information content (AvgIpc) is 3.27. The molecule has 1 unspecified atom stereocenters. The number of esters is 1. The molecule has 0 amide bonds. The molecule has 1 aromatic heterocycles. The quantitative estimate of drug-likeness (QED) is 0.309. The first-order valence-electron chi connectivity index (χ1n) is 11.8. The largest absolute Gasteiger partial charge is 0.487 e. The van der Waals surface area contributed by atoms with Crippen LogP contribution in [0.1, 0.15) is 57.0 Å². The smallest absolute Gasteiger partial charge is 0.335 e. The van der Waals surface area contributed by atoms with Crippen molar-refractivity contribution in [2.75, 3.05) is 13.2 Å². The summed E-state index contributed by atoms with van der Waals surface area (Å²) in [4.78, 5) is 16.9. The molecular weight excluding hydrogens is 446 g/mol. The second-order valence-electron chi connectivity index (χ2n) is 9.26. The first kappa shape index (κ1) is 25.9. The summed E-state index contributed by atoms with van der Waals surface area (Å²) in [5, 5.41) is 3.04. The van der Waals surface area contributed by atoms with Gasteiger partial charge in [0.2, 0.25) is 0 Å². The molecule has 182 valence electrons. The molecule has 3 aromatic rings. The molecule has 0 spiro atoms. The van der Waals surface area contributed by atoms with Crippen LogP contribution in [-0.4, -0.2) is 30.3 Å². The van der Waals surface area contributed by atoms with E-state index in [1.54, 1.807) is 18.3 Å². The molecule has 0 fully saturated rings. The number of rotatable bonds is 10. The Morgan fingerprint density at radius 3 is 2.41 bits per heavy atom. The maximum Gasteiger partial charge on any atom is 0.335 e. The number of aromatic nitrogens is 1. The van der Waals surface area contributed by atoms with Gasteiger partial charge in [-0.05, 0) is 48.9 Å². The van der Waals surface area contributed by atoms with E-state index in [0.29, 0.717) is 26.2 Å². The third-order valence-corrected chi connectivity index (χ3v) is 6.44. The fraction of sp³-hybridized carbons (Fsp3) is 0.429. The molecule has 3 rings (SSSR count). The monoisotopic (exact) mass is 481 g/mol. The van der Waals surface area contributed by atoms with Crippen LogP contribution in [0, 0.1) is 6.92 Å². The highest BCUT2D eigenvalue weighted by Gasteiger charge is 2.21. The van der Waals surface area contributed by atoms with Crippen LogP contribution in [-0.2, 0) is 32.7 Å². The second kappa shape index (κ2) is 11.6. The van der Waals surface area contributed by atoms with Crippen molar-refractivity contribution >= 4 is 17.3 Å². The number of hydrogen-bond acceptors (Lipinski definition) is 6. The van der Waals surface area contributed by atoms with Gasteiger partial charge in [0.25, 0.3) is 0 Å². The molecule has 0 bridgehead atoms. The zero-order valence-electron chi connectivity index (χ0n) is 21.0. The van der Waals surface area contributed by atoms with Gasteiger partial charge < -0.3 is 14.2 Å². The summed E-state index contributed by atoms with van der Waals surface area (Å²) in [6, 6.07) is 14.6. The number of benzene rings is 2. The van der Waals surface area contributed by atoms with Gasteiger partial charge in [0.15, 0.2) is 6.10 Å². The summed E-state index contributed by atoms with van der Waals surface area (Å²) < 4.78 is 16.8. The molecule has 0 radical (unpaired) electrons. The first-order chi connectivity index (χ1) is 16.2. The van der Waals surface area contributed by atoms with Gasteiger partial charge in [-0.3, -0.25) is 0 Å². The number of carbonyl (C=O) groups excluding carboxylic acids is 1. The molecule has 34 heavy (non-hydrogen) atoms. The maximum absolute atomic E-state index is 12.1. The standard InChI is InChI=1S/C28H35NO4S/c1-7-31-25(27(30)32-8-2)16-20-9-14-24(19(3)15-20)33-17-23-18-34-26(29-23)21-10-12-22(13-11-21)28(4,5)6/h9-15,18,25H,7-8,16-17H2,1-6H3. The number of carbonyl (C=O) groups is 1. The summed E-state index contributed by atoms with van der Waals surface area (Å²) >= 11 is 1.63. The van der Waals surface area contributed by atoms with Gasteiger partial charge >= 0.3 is 5.97 Å². The van der Waals surface area contributed by atoms with Crippen LogP contribution in [0.25, 0.3) is 10.6 Å². The third-order valence-electron chi connectivity index (χ3n) is 5.50. The molecule has 2 aromatic carbocycles. The minimum Gasteiger partial charge on any atom is -0.487 e. The van der Waals surface area contributed by atoms with E-state index in [2.05, 4.69) is 45.0 Å². The van der Waals surface area contributed by atoms with Crippen molar-refractivity contribution in [3.8, 4) is 16.3 Å². The van der Waals surface area contributed by atoms with Crippen LogP contribution in [0.15, 0.2) is 47.8 Å². The van der Waals surface area contributed by atoms with E-state index in [1.165, 1.54) is 5.56 Å². The minimum absolute atomic E-state index is 0.135. The lowest BCUT2D eigenvalue weighted by molar-refractivity contribution is -0.156. The maximum atomic E-state index is 12.1. The zero-order valence-corrected chi connectivity index (χ0v) is 21.8. The number of hydrogen-bond donors (Lipinski definition) is 0. The van der Waals surface area contributed by atoms with Crippen LogP contribution in [0.2, 0.25) is 0 Å². The van der Waals surface area contributed by atoms with Crippen molar-refractivity contribution in [1.29, 1.82) is 0 Å². The van der Waals surface area contributed by atoms with Crippen molar-refractivity contribution in [1.82, 2.24) is 4.98 Å². The van der Waals surface area contributed by atoms with Crippen molar-refractivity contribution in [3.05, 3.63) is 70.2 Å². The van der Waals surface area contributed by atoms with Crippen LogP contribution in [0.3, 0.4) is 0 Å². The zero-order chi connectivity index (χ0) is 24.7. The molecule has 0 aliphatic carbocycles. The third kappa shape index (κ3) is 6.90. The van der Waals surface area contributed by atoms with E-state index in [4.69, 9.17) is 19.2 Å². The Kier molecular flexibility index (Phi) is 8.86. The number of nitrogens with zero attached hydrogens (tertiary/aromatic N) is 1. The minimum atomic E-state index is -0.595. The van der Waals surface area contributed by atoms with E-state index >= 15 is 0 Å². The summed E-state index contributed by atoms with van der Waals surface area (Å²) in [5.74, 6) is 0.478. The van der Waals surface area contributed by atoms with Crippen LogP contribution >= 0.6 is 11.3 Å². The predicted molar refractivity (Wildman–Crippen MR) is 138 cm³/mol. The highest BCUT2D eigenvalue weighted by molar-refractivity contribution is 7.13. The predicted octanol–water partition coefficient (Wildman–Crippen LogP) is 6.51.